The van der Waals surface area contributed by atoms with E-state index >= 15 is 0 Å². The van der Waals surface area contributed by atoms with E-state index in [1.807, 2.05) is 0 Å². The summed E-state index contributed by atoms with van der Waals surface area (Å²) in [6.07, 6.45) is -0.542. The summed E-state index contributed by atoms with van der Waals surface area (Å²) in [6.45, 7) is 1.88. The largest absolute Gasteiger partial charge is 0.497 e. The summed E-state index contributed by atoms with van der Waals surface area (Å²) in [5, 5.41) is 11.7. The Morgan fingerprint density at radius 3 is 2.81 bits per heavy atom. The van der Waals surface area contributed by atoms with E-state index in [2.05, 4.69) is 27.9 Å². The first kappa shape index (κ1) is 13.2. The normalized spacial score (nSPS) is 12.0. The number of hydrogen-bond donors (Lipinski definition) is 2. The fourth-order valence-corrected chi connectivity index (χ4v) is 1.87. The van der Waals surface area contributed by atoms with E-state index in [-0.39, 0.29) is 12.5 Å². The highest BCUT2D eigenvalue weighted by Gasteiger charge is 2.10. The topological polar surface area (TPSA) is 58.6 Å². The molecule has 1 unspecified atom stereocenters. The lowest BCUT2D eigenvalue weighted by atomic mass is 10.2. The Morgan fingerprint density at radius 2 is 2.31 bits per heavy atom. The van der Waals surface area contributed by atoms with Crippen LogP contribution in [-0.4, -0.2) is 30.8 Å². The predicted octanol–water partition coefficient (Wildman–Crippen LogP) is 1.41. The van der Waals surface area contributed by atoms with Gasteiger partial charge in [-0.15, -0.1) is 0 Å². The molecule has 0 radical (unpaired) electrons. The molecule has 1 aromatic rings. The van der Waals surface area contributed by atoms with E-state index in [1.54, 1.807) is 32.2 Å². The van der Waals surface area contributed by atoms with Crippen LogP contribution in [0.3, 0.4) is 0 Å². The number of aliphatic hydroxyl groups excluding tert-OH is 1. The number of methoxy groups -OCH3 is 1. The van der Waals surface area contributed by atoms with Crippen LogP contribution >= 0.6 is 22.6 Å². The van der Waals surface area contributed by atoms with Gasteiger partial charge in [-0.05, 0) is 47.7 Å². The van der Waals surface area contributed by atoms with E-state index in [4.69, 9.17) is 9.84 Å². The molecule has 1 aromatic carbocycles. The second-order valence-corrected chi connectivity index (χ2v) is 4.57. The highest BCUT2D eigenvalue weighted by molar-refractivity contribution is 14.1. The number of halogens is 1. The summed E-state index contributed by atoms with van der Waals surface area (Å²) < 4.78 is 5.87. The minimum absolute atomic E-state index is 0.187. The first-order valence-corrected chi connectivity index (χ1v) is 5.92. The fraction of sp³-hybridized carbons (Fsp3) is 0.364. The van der Waals surface area contributed by atoms with Crippen molar-refractivity contribution in [2.45, 2.75) is 13.0 Å². The van der Waals surface area contributed by atoms with Crippen molar-refractivity contribution in [1.82, 2.24) is 5.32 Å². The van der Waals surface area contributed by atoms with Crippen molar-refractivity contribution in [3.05, 3.63) is 27.3 Å². The molecule has 1 atom stereocenters. The van der Waals surface area contributed by atoms with Crippen molar-refractivity contribution in [2.75, 3.05) is 13.7 Å². The summed E-state index contributed by atoms with van der Waals surface area (Å²) in [5.74, 6) is 0.532. The van der Waals surface area contributed by atoms with E-state index in [1.165, 1.54) is 0 Å². The second kappa shape index (κ2) is 6.05. The molecular formula is C11H14INO3. The van der Waals surface area contributed by atoms with Crippen LogP contribution in [0.1, 0.15) is 17.3 Å². The lowest BCUT2D eigenvalue weighted by Crippen LogP contribution is -2.31. The van der Waals surface area contributed by atoms with Crippen LogP contribution in [0, 0.1) is 3.57 Å². The van der Waals surface area contributed by atoms with E-state index in [0.29, 0.717) is 5.56 Å². The third-order valence-electron chi connectivity index (χ3n) is 1.98. The molecule has 1 amide bonds. The van der Waals surface area contributed by atoms with Gasteiger partial charge in [-0.1, -0.05) is 0 Å². The monoisotopic (exact) mass is 335 g/mol. The predicted molar refractivity (Wildman–Crippen MR) is 69.7 cm³/mol. The van der Waals surface area contributed by atoms with Gasteiger partial charge in [0.2, 0.25) is 0 Å². The third kappa shape index (κ3) is 3.64. The Bertz CT molecular complexity index is 379. The molecule has 1 rings (SSSR count). The number of nitrogens with one attached hydrogen (secondary N) is 1. The van der Waals surface area contributed by atoms with Crippen LogP contribution in [0.15, 0.2) is 18.2 Å². The first-order valence-electron chi connectivity index (χ1n) is 4.84. The Labute approximate surface area is 108 Å². The second-order valence-electron chi connectivity index (χ2n) is 3.40. The smallest absolute Gasteiger partial charge is 0.252 e. The Balaban J connectivity index is 2.76. The third-order valence-corrected chi connectivity index (χ3v) is 2.87. The van der Waals surface area contributed by atoms with Crippen LogP contribution in [0.2, 0.25) is 0 Å². The number of rotatable bonds is 4. The van der Waals surface area contributed by atoms with Gasteiger partial charge in [0.1, 0.15) is 5.75 Å². The molecule has 0 spiro atoms. The number of amides is 1. The van der Waals surface area contributed by atoms with Crippen molar-refractivity contribution in [2.24, 2.45) is 0 Å². The zero-order chi connectivity index (χ0) is 12.1. The summed E-state index contributed by atoms with van der Waals surface area (Å²) in [6, 6.07) is 5.23. The number of aliphatic hydroxyl groups is 1. The molecule has 0 aliphatic carbocycles. The molecule has 0 saturated carbocycles. The maximum Gasteiger partial charge on any atom is 0.252 e. The number of carbonyl (C=O) groups is 1. The molecular weight excluding hydrogens is 321 g/mol. The van der Waals surface area contributed by atoms with Crippen LogP contribution in [0.5, 0.6) is 5.75 Å². The van der Waals surface area contributed by atoms with Crippen LogP contribution < -0.4 is 10.1 Å². The Hall–Kier alpha value is -0.820. The van der Waals surface area contributed by atoms with Gasteiger partial charge in [0.15, 0.2) is 0 Å². The summed E-state index contributed by atoms with van der Waals surface area (Å²) >= 11 is 2.08. The van der Waals surface area contributed by atoms with E-state index in [0.717, 1.165) is 9.32 Å². The van der Waals surface area contributed by atoms with E-state index in [9.17, 15) is 4.79 Å². The van der Waals surface area contributed by atoms with Gasteiger partial charge >= 0.3 is 0 Å². The lowest BCUT2D eigenvalue weighted by Gasteiger charge is -2.09. The van der Waals surface area contributed by atoms with E-state index < -0.39 is 6.10 Å². The van der Waals surface area contributed by atoms with Crippen LogP contribution in [0.4, 0.5) is 0 Å². The zero-order valence-electron chi connectivity index (χ0n) is 9.16. The molecule has 2 N–H and O–H groups in total. The number of carbonyl (C=O) groups excluding carboxylic acids is 1. The van der Waals surface area contributed by atoms with Gasteiger partial charge in [-0.25, -0.2) is 0 Å². The van der Waals surface area contributed by atoms with Crippen molar-refractivity contribution >= 4 is 28.5 Å². The molecule has 0 aliphatic rings. The molecule has 0 saturated heterocycles. The molecule has 0 bridgehead atoms. The quantitative estimate of drug-likeness (QED) is 0.818. The number of ether oxygens (including phenoxy) is 1. The molecule has 0 aromatic heterocycles. The fourth-order valence-electron chi connectivity index (χ4n) is 1.14. The maximum atomic E-state index is 11.7. The number of hydrogen-bond acceptors (Lipinski definition) is 3. The standard InChI is InChI=1S/C11H14INO3/c1-7(14)6-13-11(15)9-4-3-8(16-2)5-10(9)12/h3-5,7,14H,6H2,1-2H3,(H,13,15). The van der Waals surface area contributed by atoms with Crippen molar-refractivity contribution in [1.29, 1.82) is 0 Å². The average molecular weight is 335 g/mol. The molecule has 4 nitrogen and oxygen atoms in total. The lowest BCUT2D eigenvalue weighted by molar-refractivity contribution is 0.0923. The first-order chi connectivity index (χ1) is 7.54. The average Bonchev–Trinajstić information content (AvgIpc) is 2.25. The zero-order valence-corrected chi connectivity index (χ0v) is 11.3. The summed E-state index contributed by atoms with van der Waals surface area (Å²) in [4.78, 5) is 11.7. The summed E-state index contributed by atoms with van der Waals surface area (Å²) in [5.41, 5.74) is 0.585. The molecule has 0 aliphatic heterocycles. The van der Waals surface area contributed by atoms with Crippen molar-refractivity contribution < 1.29 is 14.6 Å². The highest BCUT2D eigenvalue weighted by Crippen LogP contribution is 2.19. The van der Waals surface area contributed by atoms with Crippen molar-refractivity contribution in [3.8, 4) is 5.75 Å². The van der Waals surface area contributed by atoms with Gasteiger partial charge in [0, 0.05) is 10.1 Å². The highest BCUT2D eigenvalue weighted by atomic mass is 127. The number of benzene rings is 1. The van der Waals surface area contributed by atoms with Crippen LogP contribution in [0.25, 0.3) is 0 Å². The van der Waals surface area contributed by atoms with Gasteiger partial charge in [-0.3, -0.25) is 4.79 Å². The minimum atomic E-state index is -0.542. The molecule has 16 heavy (non-hydrogen) atoms. The van der Waals surface area contributed by atoms with Gasteiger partial charge in [0.25, 0.3) is 5.91 Å². The molecule has 0 heterocycles. The van der Waals surface area contributed by atoms with Crippen LogP contribution in [-0.2, 0) is 0 Å². The van der Waals surface area contributed by atoms with Crippen molar-refractivity contribution in [3.63, 3.8) is 0 Å². The summed E-state index contributed by atoms with van der Waals surface area (Å²) in [7, 11) is 1.58. The Kier molecular flexibility index (Phi) is 5.01. The SMILES string of the molecule is COc1ccc(C(=O)NCC(C)O)c(I)c1. The molecule has 0 fully saturated rings. The maximum absolute atomic E-state index is 11.7. The molecule has 5 heteroatoms. The minimum Gasteiger partial charge on any atom is -0.497 e. The Morgan fingerprint density at radius 1 is 1.62 bits per heavy atom. The van der Waals surface area contributed by atoms with Gasteiger partial charge in [0.05, 0.1) is 18.8 Å². The van der Waals surface area contributed by atoms with Gasteiger partial charge < -0.3 is 15.2 Å². The molecule has 88 valence electrons. The van der Waals surface area contributed by atoms with Gasteiger partial charge in [-0.2, -0.15) is 0 Å².